The van der Waals surface area contributed by atoms with Gasteiger partial charge in [-0.3, -0.25) is 14.5 Å². The lowest BCUT2D eigenvalue weighted by molar-refractivity contribution is -0.134. The smallest absolute Gasteiger partial charge is 0.237 e. The number of carbonyl (C=O) groups is 2. The molecule has 2 N–H and O–H groups in total. The van der Waals surface area contributed by atoms with E-state index in [0.29, 0.717) is 35.9 Å². The van der Waals surface area contributed by atoms with Crippen molar-refractivity contribution in [2.45, 2.75) is 25.6 Å². The normalized spacial score (nSPS) is 17.4. The molecule has 1 aliphatic heterocycles. The van der Waals surface area contributed by atoms with Crippen LogP contribution in [-0.2, 0) is 22.7 Å². The summed E-state index contributed by atoms with van der Waals surface area (Å²) in [6, 6.07) is 5.25. The Balaban J connectivity index is 1.63. The van der Waals surface area contributed by atoms with Crippen molar-refractivity contribution >= 4 is 23.4 Å². The third kappa shape index (κ3) is 5.21. The van der Waals surface area contributed by atoms with Crippen LogP contribution in [0.5, 0.6) is 0 Å². The topological polar surface area (TPSA) is 87.2 Å². The number of nitrogens with one attached hydrogen (secondary N) is 2. The molecule has 142 valence electrons. The lowest BCUT2D eigenvalue weighted by Crippen LogP contribution is -2.56. The van der Waals surface area contributed by atoms with Gasteiger partial charge in [0.25, 0.3) is 0 Å². The summed E-state index contributed by atoms with van der Waals surface area (Å²) < 4.78 is 13.2. The number of rotatable bonds is 6. The van der Waals surface area contributed by atoms with E-state index in [1.165, 1.54) is 18.5 Å². The van der Waals surface area contributed by atoms with Gasteiger partial charge in [-0.1, -0.05) is 17.7 Å². The molecule has 9 heteroatoms. The predicted molar refractivity (Wildman–Crippen MR) is 97.1 cm³/mol. The van der Waals surface area contributed by atoms with E-state index >= 15 is 0 Å². The molecule has 2 aromatic rings. The molecule has 0 radical (unpaired) electrons. The SMILES string of the molecule is O=C(CC1C(=O)NCCN1Cc1ccc(F)cc1Cl)NCc1ccncn1. The first-order valence-electron chi connectivity index (χ1n) is 8.50. The summed E-state index contributed by atoms with van der Waals surface area (Å²) in [5, 5.41) is 5.83. The van der Waals surface area contributed by atoms with Gasteiger partial charge in [-0.2, -0.15) is 0 Å². The maximum Gasteiger partial charge on any atom is 0.237 e. The molecule has 0 saturated carbocycles. The number of amides is 2. The van der Waals surface area contributed by atoms with Gasteiger partial charge in [0.05, 0.1) is 24.7 Å². The van der Waals surface area contributed by atoms with Crippen molar-refractivity contribution < 1.29 is 14.0 Å². The fraction of sp³-hybridized carbons (Fsp3) is 0.333. The first-order chi connectivity index (χ1) is 13.0. The van der Waals surface area contributed by atoms with E-state index in [-0.39, 0.29) is 24.8 Å². The molecule has 2 heterocycles. The zero-order valence-corrected chi connectivity index (χ0v) is 15.2. The molecule has 1 aliphatic rings. The van der Waals surface area contributed by atoms with Gasteiger partial charge in [0.2, 0.25) is 11.8 Å². The molecule has 1 aromatic heterocycles. The standard InChI is InChI=1S/C18H19ClFN5O2/c19-15-7-13(20)2-1-12(15)10-25-6-5-22-18(27)16(25)8-17(26)23-9-14-3-4-21-11-24-14/h1-4,7,11,16H,5-6,8-10H2,(H,22,27)(H,23,26). The molecule has 3 rings (SSSR count). The highest BCUT2D eigenvalue weighted by Crippen LogP contribution is 2.21. The van der Waals surface area contributed by atoms with Crippen molar-refractivity contribution in [2.75, 3.05) is 13.1 Å². The average Bonchev–Trinajstić information content (AvgIpc) is 2.66. The maximum atomic E-state index is 13.2. The number of benzene rings is 1. The van der Waals surface area contributed by atoms with Crippen molar-refractivity contribution in [2.24, 2.45) is 0 Å². The molecule has 0 bridgehead atoms. The Morgan fingerprint density at radius 1 is 1.41 bits per heavy atom. The number of hydrogen-bond acceptors (Lipinski definition) is 5. The van der Waals surface area contributed by atoms with Crippen LogP contribution >= 0.6 is 11.6 Å². The Morgan fingerprint density at radius 2 is 2.26 bits per heavy atom. The van der Waals surface area contributed by atoms with Crippen LogP contribution in [-0.4, -0.2) is 45.8 Å². The van der Waals surface area contributed by atoms with Crippen LogP contribution in [0, 0.1) is 5.82 Å². The number of piperazine rings is 1. The Labute approximate surface area is 160 Å². The molecule has 0 spiro atoms. The van der Waals surface area contributed by atoms with Crippen molar-refractivity contribution in [3.8, 4) is 0 Å². The van der Waals surface area contributed by atoms with E-state index in [1.807, 2.05) is 4.90 Å². The zero-order valence-electron chi connectivity index (χ0n) is 14.5. The Hall–Kier alpha value is -2.58. The summed E-state index contributed by atoms with van der Waals surface area (Å²) in [5.74, 6) is -0.886. The summed E-state index contributed by atoms with van der Waals surface area (Å²) in [7, 11) is 0. The third-order valence-electron chi connectivity index (χ3n) is 4.32. The largest absolute Gasteiger partial charge is 0.353 e. The second-order valence-electron chi connectivity index (χ2n) is 6.19. The Kier molecular flexibility index (Phi) is 6.31. The van der Waals surface area contributed by atoms with Gasteiger partial charge in [-0.25, -0.2) is 14.4 Å². The zero-order chi connectivity index (χ0) is 19.2. The number of halogens is 2. The van der Waals surface area contributed by atoms with Crippen LogP contribution < -0.4 is 10.6 Å². The van der Waals surface area contributed by atoms with Gasteiger partial charge in [-0.15, -0.1) is 0 Å². The van der Waals surface area contributed by atoms with Crippen LogP contribution in [0.3, 0.4) is 0 Å². The lowest BCUT2D eigenvalue weighted by Gasteiger charge is -2.34. The molecule has 2 amide bonds. The van der Waals surface area contributed by atoms with E-state index in [2.05, 4.69) is 20.6 Å². The van der Waals surface area contributed by atoms with Crippen molar-refractivity contribution in [1.82, 2.24) is 25.5 Å². The molecule has 1 aromatic carbocycles. The summed E-state index contributed by atoms with van der Waals surface area (Å²) in [4.78, 5) is 34.3. The van der Waals surface area contributed by atoms with Crippen LogP contribution in [0.25, 0.3) is 0 Å². The number of hydrogen-bond donors (Lipinski definition) is 2. The lowest BCUT2D eigenvalue weighted by atomic mass is 10.1. The van der Waals surface area contributed by atoms with E-state index in [0.717, 1.165) is 0 Å². The van der Waals surface area contributed by atoms with Crippen LogP contribution in [0.15, 0.2) is 36.8 Å². The third-order valence-corrected chi connectivity index (χ3v) is 4.67. The van der Waals surface area contributed by atoms with Crippen LogP contribution in [0.2, 0.25) is 5.02 Å². The van der Waals surface area contributed by atoms with Crippen LogP contribution in [0.1, 0.15) is 17.7 Å². The van der Waals surface area contributed by atoms with Gasteiger partial charge in [0, 0.05) is 30.9 Å². The molecular formula is C18H19ClFN5O2. The second-order valence-corrected chi connectivity index (χ2v) is 6.60. The minimum Gasteiger partial charge on any atom is -0.353 e. The number of aromatic nitrogens is 2. The van der Waals surface area contributed by atoms with Crippen molar-refractivity contribution in [3.05, 3.63) is 58.9 Å². The summed E-state index contributed by atoms with van der Waals surface area (Å²) >= 11 is 6.10. The van der Waals surface area contributed by atoms with E-state index in [9.17, 15) is 14.0 Å². The molecule has 1 saturated heterocycles. The minimum atomic E-state index is -0.620. The summed E-state index contributed by atoms with van der Waals surface area (Å²) in [6.07, 6.45) is 3.01. The average molecular weight is 392 g/mol. The van der Waals surface area contributed by atoms with Gasteiger partial charge in [0.15, 0.2) is 0 Å². The van der Waals surface area contributed by atoms with Gasteiger partial charge in [0.1, 0.15) is 12.1 Å². The summed E-state index contributed by atoms with van der Waals surface area (Å²) in [6.45, 7) is 1.68. The molecule has 1 unspecified atom stereocenters. The fourth-order valence-corrected chi connectivity index (χ4v) is 3.13. The first-order valence-corrected chi connectivity index (χ1v) is 8.88. The molecular weight excluding hydrogens is 373 g/mol. The van der Waals surface area contributed by atoms with Crippen LogP contribution in [0.4, 0.5) is 4.39 Å². The minimum absolute atomic E-state index is 0.00965. The fourth-order valence-electron chi connectivity index (χ4n) is 2.90. The maximum absolute atomic E-state index is 13.2. The molecule has 0 aliphatic carbocycles. The predicted octanol–water partition coefficient (Wildman–Crippen LogP) is 1.28. The van der Waals surface area contributed by atoms with Crippen molar-refractivity contribution in [1.29, 1.82) is 0 Å². The number of carbonyl (C=O) groups excluding carboxylic acids is 2. The van der Waals surface area contributed by atoms with E-state index in [4.69, 9.17) is 11.6 Å². The monoisotopic (exact) mass is 391 g/mol. The second kappa shape index (κ2) is 8.88. The quantitative estimate of drug-likeness (QED) is 0.774. The van der Waals surface area contributed by atoms with Gasteiger partial charge >= 0.3 is 0 Å². The number of nitrogens with zero attached hydrogens (tertiary/aromatic N) is 3. The highest BCUT2D eigenvalue weighted by atomic mass is 35.5. The molecule has 7 nitrogen and oxygen atoms in total. The summed E-state index contributed by atoms with van der Waals surface area (Å²) in [5.41, 5.74) is 1.39. The van der Waals surface area contributed by atoms with Gasteiger partial charge < -0.3 is 10.6 Å². The molecule has 1 atom stereocenters. The van der Waals surface area contributed by atoms with E-state index < -0.39 is 11.9 Å². The highest BCUT2D eigenvalue weighted by molar-refractivity contribution is 6.31. The van der Waals surface area contributed by atoms with E-state index in [1.54, 1.807) is 18.3 Å². The highest BCUT2D eigenvalue weighted by Gasteiger charge is 2.31. The Morgan fingerprint density at radius 3 is 3.00 bits per heavy atom. The Bertz CT molecular complexity index is 821. The first kappa shape index (κ1) is 19.2. The van der Waals surface area contributed by atoms with Crippen molar-refractivity contribution in [3.63, 3.8) is 0 Å². The molecule has 27 heavy (non-hydrogen) atoms. The molecule has 1 fully saturated rings. The van der Waals surface area contributed by atoms with Gasteiger partial charge in [-0.05, 0) is 23.8 Å².